The molecule has 0 aliphatic carbocycles. The standard InChI is InChI=1S/C29H35N3O7S/c1-3-11-32(12-4-2)22-8-7-19-13-21(6-5-20(19)14-22)26-10-9-23(39-26)15-24(16-30)40(36,37)31-25-18-38-27(17-33)29(35)28(25)34/h5-10,13-15,25,27-29,31,33-35H,3-4,11-12,17-18H2,1-2H3/b24-15+/t25-,27+,28+,29+/m0/s1. The second kappa shape index (κ2) is 13.0. The number of sulfonamides is 1. The molecule has 1 aliphatic heterocycles. The van der Waals surface area contributed by atoms with Crippen molar-refractivity contribution in [3.8, 4) is 17.4 Å². The molecule has 1 saturated heterocycles. The third kappa shape index (κ3) is 6.55. The predicted octanol–water partition coefficient (Wildman–Crippen LogP) is 2.99. The summed E-state index contributed by atoms with van der Waals surface area (Å²) in [7, 11) is -4.38. The van der Waals surface area contributed by atoms with Gasteiger partial charge in [0, 0.05) is 30.4 Å². The number of allylic oxidation sites excluding steroid dienone is 1. The van der Waals surface area contributed by atoms with Crippen molar-refractivity contribution in [3.63, 3.8) is 0 Å². The van der Waals surface area contributed by atoms with E-state index >= 15 is 0 Å². The summed E-state index contributed by atoms with van der Waals surface area (Å²) in [6.45, 7) is 5.52. The average molecular weight is 570 g/mol. The van der Waals surface area contributed by atoms with E-state index in [9.17, 15) is 29.0 Å². The summed E-state index contributed by atoms with van der Waals surface area (Å²) in [5.41, 5.74) is 1.98. The van der Waals surface area contributed by atoms with Crippen molar-refractivity contribution >= 4 is 32.6 Å². The van der Waals surface area contributed by atoms with Crippen LogP contribution in [0.5, 0.6) is 0 Å². The molecule has 0 bridgehead atoms. The van der Waals surface area contributed by atoms with Gasteiger partial charge in [0.15, 0.2) is 4.91 Å². The molecule has 10 nitrogen and oxygen atoms in total. The number of nitriles is 1. The van der Waals surface area contributed by atoms with E-state index in [4.69, 9.17) is 9.15 Å². The molecule has 1 fully saturated rings. The normalized spacial score (nSPS) is 21.9. The van der Waals surface area contributed by atoms with Crippen LogP contribution in [0.2, 0.25) is 0 Å². The Kier molecular flexibility index (Phi) is 9.63. The van der Waals surface area contributed by atoms with E-state index in [1.807, 2.05) is 18.2 Å². The summed E-state index contributed by atoms with van der Waals surface area (Å²) in [6.07, 6.45) is -0.810. The SMILES string of the molecule is CCCN(CCC)c1ccc2cc(-c3ccc(/C=C(\C#N)S(=O)(=O)N[C@H]4CO[C@H](CO)[C@@H](O)[C@@H]4O)o3)ccc2c1. The Morgan fingerprint density at radius 3 is 2.45 bits per heavy atom. The lowest BCUT2D eigenvalue weighted by atomic mass is 9.99. The molecule has 1 aromatic heterocycles. The van der Waals surface area contributed by atoms with Crippen molar-refractivity contribution in [3.05, 3.63) is 59.2 Å². The molecular formula is C29H35N3O7S. The maximum atomic E-state index is 12.9. The van der Waals surface area contributed by atoms with E-state index in [1.165, 1.54) is 5.69 Å². The van der Waals surface area contributed by atoms with E-state index < -0.39 is 45.9 Å². The molecule has 4 atom stereocenters. The first kappa shape index (κ1) is 29.7. The van der Waals surface area contributed by atoms with Crippen LogP contribution in [0.3, 0.4) is 0 Å². The molecule has 4 rings (SSSR count). The van der Waals surface area contributed by atoms with Gasteiger partial charge >= 0.3 is 0 Å². The highest BCUT2D eigenvalue weighted by Gasteiger charge is 2.40. The maximum absolute atomic E-state index is 12.9. The van der Waals surface area contributed by atoms with E-state index in [-0.39, 0.29) is 12.4 Å². The summed E-state index contributed by atoms with van der Waals surface area (Å²) in [5, 5.41) is 41.2. The van der Waals surface area contributed by atoms with Crippen LogP contribution < -0.4 is 9.62 Å². The van der Waals surface area contributed by atoms with Gasteiger partial charge in [-0.3, -0.25) is 0 Å². The molecule has 4 N–H and O–H groups in total. The molecule has 3 aromatic rings. The minimum atomic E-state index is -4.38. The highest BCUT2D eigenvalue weighted by atomic mass is 32.2. The third-order valence-corrected chi connectivity index (χ3v) is 8.28. The molecular weight excluding hydrogens is 534 g/mol. The van der Waals surface area contributed by atoms with Gasteiger partial charge in [-0.1, -0.05) is 32.0 Å². The average Bonchev–Trinajstić information content (AvgIpc) is 3.42. The van der Waals surface area contributed by atoms with Crippen molar-refractivity contribution in [1.82, 2.24) is 4.72 Å². The summed E-state index contributed by atoms with van der Waals surface area (Å²) < 4.78 is 39.0. The Bertz CT molecular complexity index is 1490. The van der Waals surface area contributed by atoms with Crippen molar-refractivity contribution in [1.29, 1.82) is 5.26 Å². The first-order chi connectivity index (χ1) is 19.2. The van der Waals surface area contributed by atoms with Gasteiger partial charge in [0.25, 0.3) is 10.0 Å². The molecule has 2 heterocycles. The lowest BCUT2D eigenvalue weighted by Gasteiger charge is -2.36. The molecule has 40 heavy (non-hydrogen) atoms. The lowest BCUT2D eigenvalue weighted by Crippen LogP contribution is -2.59. The van der Waals surface area contributed by atoms with Crippen molar-refractivity contribution in [2.75, 3.05) is 31.2 Å². The van der Waals surface area contributed by atoms with Gasteiger partial charge in [0.05, 0.1) is 19.3 Å². The first-order valence-electron chi connectivity index (χ1n) is 13.3. The number of nitrogens with one attached hydrogen (secondary N) is 1. The molecule has 0 radical (unpaired) electrons. The van der Waals surface area contributed by atoms with Crippen molar-refractivity contribution in [2.45, 2.75) is 51.0 Å². The Labute approximate surface area is 234 Å². The largest absolute Gasteiger partial charge is 0.457 e. The van der Waals surface area contributed by atoms with Crippen molar-refractivity contribution in [2.24, 2.45) is 0 Å². The number of fused-ring (bicyclic) bond motifs is 1. The maximum Gasteiger partial charge on any atom is 0.251 e. The molecule has 0 spiro atoms. The quantitative estimate of drug-likeness (QED) is 0.255. The molecule has 0 amide bonds. The minimum absolute atomic E-state index is 0.156. The molecule has 0 saturated carbocycles. The van der Waals surface area contributed by atoms with Gasteiger partial charge in [-0.05, 0) is 53.9 Å². The summed E-state index contributed by atoms with van der Waals surface area (Å²) in [6, 6.07) is 16.0. The fourth-order valence-corrected chi connectivity index (χ4v) is 5.91. The second-order valence-electron chi connectivity index (χ2n) is 9.82. The number of anilines is 1. The number of rotatable bonds is 11. The Balaban J connectivity index is 1.53. The lowest BCUT2D eigenvalue weighted by molar-refractivity contribution is -0.158. The first-order valence-corrected chi connectivity index (χ1v) is 14.8. The van der Waals surface area contributed by atoms with E-state index in [0.29, 0.717) is 5.76 Å². The van der Waals surface area contributed by atoms with Crippen LogP contribution in [0.4, 0.5) is 5.69 Å². The van der Waals surface area contributed by atoms with E-state index in [2.05, 4.69) is 41.7 Å². The van der Waals surface area contributed by atoms with Crippen LogP contribution in [0.25, 0.3) is 28.2 Å². The Morgan fingerprint density at radius 2 is 1.77 bits per heavy atom. The molecule has 0 unspecified atom stereocenters. The highest BCUT2D eigenvalue weighted by molar-refractivity contribution is 7.93. The predicted molar refractivity (Wildman–Crippen MR) is 153 cm³/mol. The third-order valence-electron chi connectivity index (χ3n) is 6.88. The zero-order valence-electron chi connectivity index (χ0n) is 22.5. The summed E-state index contributed by atoms with van der Waals surface area (Å²) in [5.74, 6) is 0.663. The monoisotopic (exact) mass is 569 g/mol. The second-order valence-corrected chi connectivity index (χ2v) is 11.5. The Hall–Kier alpha value is -3.24. The fourth-order valence-electron chi connectivity index (χ4n) is 4.79. The van der Waals surface area contributed by atoms with Gasteiger partial charge in [-0.25, -0.2) is 13.1 Å². The van der Waals surface area contributed by atoms with Gasteiger partial charge in [-0.2, -0.15) is 5.26 Å². The van der Waals surface area contributed by atoms with Crippen LogP contribution in [0.15, 0.2) is 57.9 Å². The smallest absolute Gasteiger partial charge is 0.251 e. The van der Waals surface area contributed by atoms with Crippen LogP contribution >= 0.6 is 0 Å². The zero-order valence-corrected chi connectivity index (χ0v) is 23.3. The number of nitrogens with zero attached hydrogens (tertiary/aromatic N) is 2. The fraction of sp³-hybridized carbons (Fsp3) is 0.414. The summed E-state index contributed by atoms with van der Waals surface area (Å²) >= 11 is 0. The number of aliphatic hydroxyl groups excluding tert-OH is 3. The molecule has 214 valence electrons. The number of ether oxygens (including phenoxy) is 1. The number of benzene rings is 2. The van der Waals surface area contributed by atoms with Gasteiger partial charge in [0.2, 0.25) is 0 Å². The van der Waals surface area contributed by atoms with Crippen LogP contribution in [-0.4, -0.2) is 74.4 Å². The molecule has 1 aliphatic rings. The number of aliphatic hydroxyl groups is 3. The minimum Gasteiger partial charge on any atom is -0.457 e. The highest BCUT2D eigenvalue weighted by Crippen LogP contribution is 2.30. The van der Waals surface area contributed by atoms with Crippen LogP contribution in [0, 0.1) is 11.3 Å². The van der Waals surface area contributed by atoms with Gasteiger partial charge in [0.1, 0.15) is 35.9 Å². The van der Waals surface area contributed by atoms with E-state index in [1.54, 1.807) is 18.2 Å². The Morgan fingerprint density at radius 1 is 1.07 bits per heavy atom. The van der Waals surface area contributed by atoms with Crippen LogP contribution in [0.1, 0.15) is 32.4 Å². The number of furan rings is 1. The zero-order chi connectivity index (χ0) is 28.9. The molecule has 11 heteroatoms. The summed E-state index contributed by atoms with van der Waals surface area (Å²) in [4.78, 5) is 1.75. The van der Waals surface area contributed by atoms with Gasteiger partial charge in [-0.15, -0.1) is 0 Å². The van der Waals surface area contributed by atoms with Crippen LogP contribution in [-0.2, 0) is 14.8 Å². The van der Waals surface area contributed by atoms with Gasteiger partial charge < -0.3 is 29.4 Å². The topological polar surface area (TPSA) is 156 Å². The van der Waals surface area contributed by atoms with E-state index in [0.717, 1.165) is 48.3 Å². The number of hydrogen-bond acceptors (Lipinski definition) is 9. The van der Waals surface area contributed by atoms with Crippen molar-refractivity contribution < 1.29 is 32.9 Å². The molecule has 2 aromatic carbocycles. The number of hydrogen-bond donors (Lipinski definition) is 4.